The third-order valence-corrected chi connectivity index (χ3v) is 3.06. The molecule has 0 atom stereocenters. The molecule has 0 bridgehead atoms. The molecule has 1 N–H and O–H groups in total. The van der Waals surface area contributed by atoms with Gasteiger partial charge in [-0.1, -0.05) is 23.2 Å². The van der Waals surface area contributed by atoms with E-state index in [0.717, 1.165) is 5.56 Å². The van der Waals surface area contributed by atoms with Gasteiger partial charge in [-0.3, -0.25) is 4.79 Å². The molecule has 0 spiro atoms. The highest BCUT2D eigenvalue weighted by atomic mass is 35.5. The summed E-state index contributed by atoms with van der Waals surface area (Å²) < 4.78 is 0. The first-order chi connectivity index (χ1) is 6.59. The molecule has 0 amide bonds. The summed E-state index contributed by atoms with van der Waals surface area (Å²) in [6, 6.07) is 5.16. The summed E-state index contributed by atoms with van der Waals surface area (Å²) >= 11 is 13.0. The van der Waals surface area contributed by atoms with E-state index in [-0.39, 0.29) is 5.75 Å². The van der Waals surface area contributed by atoms with Crippen LogP contribution in [0.1, 0.15) is 5.56 Å². The second-order valence-corrected chi connectivity index (χ2v) is 4.45. The van der Waals surface area contributed by atoms with Gasteiger partial charge in [0.2, 0.25) is 0 Å². The largest absolute Gasteiger partial charge is 0.481 e. The van der Waals surface area contributed by atoms with Crippen LogP contribution < -0.4 is 0 Å². The fourth-order valence-electron chi connectivity index (χ4n) is 0.902. The summed E-state index contributed by atoms with van der Waals surface area (Å²) in [5.74, 6) is -0.192. The third kappa shape index (κ3) is 3.78. The number of carboxylic acid groups (broad SMARTS) is 1. The maximum absolute atomic E-state index is 10.3. The number of hydrogen-bond acceptors (Lipinski definition) is 2. The lowest BCUT2D eigenvalue weighted by Gasteiger charge is -2.03. The van der Waals surface area contributed by atoms with Crippen LogP contribution in [0.2, 0.25) is 10.0 Å². The van der Waals surface area contributed by atoms with E-state index in [2.05, 4.69) is 0 Å². The van der Waals surface area contributed by atoms with Crippen molar-refractivity contribution in [1.29, 1.82) is 0 Å². The van der Waals surface area contributed by atoms with Crippen LogP contribution in [0.15, 0.2) is 18.2 Å². The number of rotatable bonds is 4. The minimum Gasteiger partial charge on any atom is -0.481 e. The van der Waals surface area contributed by atoms with Crippen LogP contribution in [-0.2, 0) is 10.5 Å². The Kier molecular flexibility index (Phi) is 4.58. The number of carboxylic acids is 1. The molecule has 0 aliphatic heterocycles. The number of aliphatic carboxylic acids is 1. The molecular weight excluding hydrogens is 243 g/mol. The Bertz CT molecular complexity index is 342. The van der Waals surface area contributed by atoms with E-state index in [0.29, 0.717) is 15.8 Å². The van der Waals surface area contributed by atoms with Crippen molar-refractivity contribution in [2.24, 2.45) is 0 Å². The molecule has 0 saturated heterocycles. The predicted octanol–water partition coefficient (Wildman–Crippen LogP) is 3.31. The average molecular weight is 251 g/mol. The van der Waals surface area contributed by atoms with Crippen LogP contribution in [-0.4, -0.2) is 16.8 Å². The number of carbonyl (C=O) groups is 1. The zero-order valence-corrected chi connectivity index (χ0v) is 9.49. The molecule has 1 rings (SSSR count). The van der Waals surface area contributed by atoms with Crippen molar-refractivity contribution >= 4 is 40.9 Å². The van der Waals surface area contributed by atoms with E-state index < -0.39 is 5.97 Å². The van der Waals surface area contributed by atoms with Gasteiger partial charge in [0, 0.05) is 15.8 Å². The molecule has 0 heterocycles. The summed E-state index contributed by atoms with van der Waals surface area (Å²) in [7, 11) is 0. The van der Waals surface area contributed by atoms with Gasteiger partial charge in [0.1, 0.15) is 0 Å². The van der Waals surface area contributed by atoms with Crippen LogP contribution in [0, 0.1) is 0 Å². The third-order valence-electron chi connectivity index (χ3n) is 1.49. The lowest BCUT2D eigenvalue weighted by Crippen LogP contribution is -1.98. The average Bonchev–Trinajstić information content (AvgIpc) is 2.10. The Balaban J connectivity index is 2.57. The molecule has 76 valence electrons. The second kappa shape index (κ2) is 5.49. The summed E-state index contributed by atoms with van der Waals surface area (Å²) in [4.78, 5) is 10.3. The lowest BCUT2D eigenvalue weighted by molar-refractivity contribution is -0.133. The van der Waals surface area contributed by atoms with Gasteiger partial charge in [-0.2, -0.15) is 0 Å². The number of hydrogen-bond donors (Lipinski definition) is 1. The minimum atomic E-state index is -0.826. The van der Waals surface area contributed by atoms with Crippen molar-refractivity contribution < 1.29 is 9.90 Å². The standard InChI is InChI=1S/C9H8Cl2O2S/c10-7-1-2-8(11)6(3-7)4-14-5-9(12)13/h1-3H,4-5H2,(H,12,13). The van der Waals surface area contributed by atoms with Crippen molar-refractivity contribution in [2.45, 2.75) is 5.75 Å². The number of thioether (sulfide) groups is 1. The van der Waals surface area contributed by atoms with E-state index >= 15 is 0 Å². The molecule has 0 saturated carbocycles. The Labute approximate surface area is 96.2 Å². The highest BCUT2D eigenvalue weighted by Gasteiger charge is 2.03. The molecule has 0 unspecified atom stereocenters. The first kappa shape index (κ1) is 11.7. The van der Waals surface area contributed by atoms with E-state index in [9.17, 15) is 4.79 Å². The highest BCUT2D eigenvalue weighted by Crippen LogP contribution is 2.24. The van der Waals surface area contributed by atoms with Crippen LogP contribution in [0.25, 0.3) is 0 Å². The van der Waals surface area contributed by atoms with E-state index in [1.165, 1.54) is 11.8 Å². The van der Waals surface area contributed by atoms with Gasteiger partial charge in [0.15, 0.2) is 0 Å². The SMILES string of the molecule is O=C(O)CSCc1cc(Cl)ccc1Cl. The van der Waals surface area contributed by atoms with Crippen LogP contribution in [0.4, 0.5) is 0 Å². The topological polar surface area (TPSA) is 37.3 Å². The quantitative estimate of drug-likeness (QED) is 0.891. The molecule has 0 aromatic heterocycles. The zero-order valence-electron chi connectivity index (χ0n) is 7.17. The molecule has 1 aromatic carbocycles. The van der Waals surface area contributed by atoms with Gasteiger partial charge >= 0.3 is 5.97 Å². The molecule has 0 aliphatic carbocycles. The van der Waals surface area contributed by atoms with E-state index in [1.807, 2.05) is 0 Å². The summed E-state index contributed by atoms with van der Waals surface area (Å²) in [5.41, 5.74) is 0.866. The van der Waals surface area contributed by atoms with Crippen molar-refractivity contribution in [3.8, 4) is 0 Å². The normalized spacial score (nSPS) is 10.1. The van der Waals surface area contributed by atoms with Gasteiger partial charge in [-0.05, 0) is 23.8 Å². The maximum Gasteiger partial charge on any atom is 0.313 e. The molecule has 14 heavy (non-hydrogen) atoms. The lowest BCUT2D eigenvalue weighted by atomic mass is 10.2. The molecule has 1 aromatic rings. The fraction of sp³-hybridized carbons (Fsp3) is 0.222. The highest BCUT2D eigenvalue weighted by molar-refractivity contribution is 7.99. The van der Waals surface area contributed by atoms with Crippen LogP contribution in [0.3, 0.4) is 0 Å². The molecule has 5 heteroatoms. The van der Waals surface area contributed by atoms with Crippen LogP contribution in [0.5, 0.6) is 0 Å². The van der Waals surface area contributed by atoms with Gasteiger partial charge in [-0.25, -0.2) is 0 Å². The van der Waals surface area contributed by atoms with E-state index in [4.69, 9.17) is 28.3 Å². The number of benzene rings is 1. The summed E-state index contributed by atoms with van der Waals surface area (Å²) in [6.07, 6.45) is 0. The van der Waals surface area contributed by atoms with Crippen molar-refractivity contribution in [2.75, 3.05) is 5.75 Å². The van der Waals surface area contributed by atoms with Gasteiger partial charge in [-0.15, -0.1) is 11.8 Å². The zero-order chi connectivity index (χ0) is 10.6. The monoisotopic (exact) mass is 250 g/mol. The molecule has 0 aliphatic rings. The van der Waals surface area contributed by atoms with E-state index in [1.54, 1.807) is 18.2 Å². The van der Waals surface area contributed by atoms with Gasteiger partial charge < -0.3 is 5.11 Å². The molecular formula is C9H8Cl2O2S. The summed E-state index contributed by atoms with van der Waals surface area (Å²) in [5, 5.41) is 9.66. The smallest absolute Gasteiger partial charge is 0.313 e. The van der Waals surface area contributed by atoms with Gasteiger partial charge in [0.05, 0.1) is 5.75 Å². The fourth-order valence-corrected chi connectivity index (χ4v) is 2.10. The Morgan fingerprint density at radius 3 is 2.79 bits per heavy atom. The Morgan fingerprint density at radius 1 is 1.43 bits per heavy atom. The molecule has 2 nitrogen and oxygen atoms in total. The second-order valence-electron chi connectivity index (χ2n) is 2.62. The van der Waals surface area contributed by atoms with Crippen LogP contribution >= 0.6 is 35.0 Å². The van der Waals surface area contributed by atoms with Crippen molar-refractivity contribution in [3.05, 3.63) is 33.8 Å². The molecule has 0 fully saturated rings. The van der Waals surface area contributed by atoms with Crippen molar-refractivity contribution in [3.63, 3.8) is 0 Å². The number of halogens is 2. The maximum atomic E-state index is 10.3. The summed E-state index contributed by atoms with van der Waals surface area (Å²) in [6.45, 7) is 0. The van der Waals surface area contributed by atoms with Gasteiger partial charge in [0.25, 0.3) is 0 Å². The first-order valence-corrected chi connectivity index (χ1v) is 5.74. The Hall–Kier alpha value is -0.380. The molecule has 0 radical (unpaired) electrons. The Morgan fingerprint density at radius 2 is 2.14 bits per heavy atom. The predicted molar refractivity (Wildman–Crippen MR) is 60.3 cm³/mol. The first-order valence-electron chi connectivity index (χ1n) is 3.83. The van der Waals surface area contributed by atoms with Crippen molar-refractivity contribution in [1.82, 2.24) is 0 Å². The minimum absolute atomic E-state index is 0.0723.